The SMILES string of the molecule is CC/C=C\C/C=C\C/C=C\CCCCCC(=O)OCC(COC(=O)CCCCCCCCCCCCC/C=C\C/C=C\CCCCCCC)OC(=O)CCCCCCCC/C=C\C/C=C\C/C=C\CCCCC. The van der Waals surface area contributed by atoms with Crippen molar-refractivity contribution in [1.82, 2.24) is 0 Å². The first-order valence-corrected chi connectivity index (χ1v) is 30.7. The van der Waals surface area contributed by atoms with E-state index in [1.165, 1.54) is 135 Å². The second-order valence-corrected chi connectivity index (χ2v) is 20.2. The number of carbonyl (C=O) groups is 3. The summed E-state index contributed by atoms with van der Waals surface area (Å²) in [6, 6.07) is 0. The fourth-order valence-corrected chi connectivity index (χ4v) is 8.44. The summed E-state index contributed by atoms with van der Waals surface area (Å²) in [7, 11) is 0. The summed E-state index contributed by atoms with van der Waals surface area (Å²) in [5, 5.41) is 0. The van der Waals surface area contributed by atoms with Crippen LogP contribution in [0, 0.1) is 0 Å². The van der Waals surface area contributed by atoms with Crippen molar-refractivity contribution in [3.8, 4) is 0 Å². The average Bonchev–Trinajstić information content (AvgIpc) is 3.39. The van der Waals surface area contributed by atoms with Gasteiger partial charge in [0.15, 0.2) is 6.10 Å². The zero-order valence-corrected chi connectivity index (χ0v) is 47.9. The number of rotatable bonds is 55. The summed E-state index contributed by atoms with van der Waals surface area (Å²) in [6.45, 7) is 6.47. The fraction of sp³-hybridized carbons (Fsp3) is 0.716. The van der Waals surface area contributed by atoms with Gasteiger partial charge in [0.05, 0.1) is 0 Å². The summed E-state index contributed by atoms with van der Waals surface area (Å²) >= 11 is 0. The van der Waals surface area contributed by atoms with Crippen molar-refractivity contribution in [3.05, 3.63) is 97.2 Å². The molecule has 0 rings (SSSR count). The topological polar surface area (TPSA) is 78.9 Å². The highest BCUT2D eigenvalue weighted by Crippen LogP contribution is 2.15. The molecule has 418 valence electrons. The van der Waals surface area contributed by atoms with Crippen molar-refractivity contribution in [2.45, 2.75) is 297 Å². The second kappa shape index (κ2) is 60.9. The van der Waals surface area contributed by atoms with E-state index in [0.29, 0.717) is 19.3 Å². The zero-order chi connectivity index (χ0) is 52.9. The molecule has 0 N–H and O–H groups in total. The lowest BCUT2D eigenvalue weighted by atomic mass is 10.0. The maximum absolute atomic E-state index is 12.9. The van der Waals surface area contributed by atoms with Gasteiger partial charge in [0, 0.05) is 19.3 Å². The van der Waals surface area contributed by atoms with Crippen LogP contribution in [-0.2, 0) is 28.6 Å². The van der Waals surface area contributed by atoms with Crippen molar-refractivity contribution in [1.29, 1.82) is 0 Å². The lowest BCUT2D eigenvalue weighted by Gasteiger charge is -2.18. The van der Waals surface area contributed by atoms with Crippen LogP contribution in [0.1, 0.15) is 290 Å². The molecule has 0 aliphatic carbocycles. The number of unbranched alkanes of at least 4 members (excludes halogenated alkanes) is 28. The van der Waals surface area contributed by atoms with E-state index in [0.717, 1.165) is 116 Å². The summed E-state index contributed by atoms with van der Waals surface area (Å²) in [5.74, 6) is -0.933. The van der Waals surface area contributed by atoms with Crippen molar-refractivity contribution in [2.24, 2.45) is 0 Å². The van der Waals surface area contributed by atoms with Crippen LogP contribution in [0.25, 0.3) is 0 Å². The first kappa shape index (κ1) is 69.3. The number of ether oxygens (including phenoxy) is 3. The Labute approximate surface area is 451 Å². The van der Waals surface area contributed by atoms with E-state index < -0.39 is 6.10 Å². The van der Waals surface area contributed by atoms with Crippen LogP contribution in [0.3, 0.4) is 0 Å². The van der Waals surface area contributed by atoms with E-state index in [9.17, 15) is 14.4 Å². The summed E-state index contributed by atoms with van der Waals surface area (Å²) in [6.07, 6.45) is 81.2. The fourth-order valence-electron chi connectivity index (χ4n) is 8.44. The molecule has 73 heavy (non-hydrogen) atoms. The van der Waals surface area contributed by atoms with Crippen LogP contribution in [0.5, 0.6) is 0 Å². The Balaban J connectivity index is 4.38. The van der Waals surface area contributed by atoms with Gasteiger partial charge in [0.2, 0.25) is 0 Å². The van der Waals surface area contributed by atoms with E-state index in [2.05, 4.69) is 118 Å². The Bertz CT molecular complexity index is 1440. The highest BCUT2D eigenvalue weighted by atomic mass is 16.6. The largest absolute Gasteiger partial charge is 0.462 e. The number of carbonyl (C=O) groups excluding carboxylic acids is 3. The first-order chi connectivity index (χ1) is 36.0. The van der Waals surface area contributed by atoms with E-state index in [1.54, 1.807) is 0 Å². The summed E-state index contributed by atoms with van der Waals surface area (Å²) in [4.78, 5) is 38.2. The molecule has 0 fully saturated rings. The van der Waals surface area contributed by atoms with Gasteiger partial charge in [-0.3, -0.25) is 14.4 Å². The molecule has 0 aliphatic heterocycles. The molecule has 0 aromatic heterocycles. The molecule has 0 aliphatic rings. The van der Waals surface area contributed by atoms with Gasteiger partial charge in [-0.2, -0.15) is 0 Å². The van der Waals surface area contributed by atoms with Gasteiger partial charge in [0.1, 0.15) is 13.2 Å². The minimum absolute atomic E-state index is 0.0935. The third-order valence-corrected chi connectivity index (χ3v) is 13.0. The number of esters is 3. The van der Waals surface area contributed by atoms with Crippen LogP contribution in [0.15, 0.2) is 97.2 Å². The maximum atomic E-state index is 12.9. The average molecular weight is 1020 g/mol. The minimum Gasteiger partial charge on any atom is -0.462 e. The molecule has 0 spiro atoms. The summed E-state index contributed by atoms with van der Waals surface area (Å²) in [5.41, 5.74) is 0. The lowest BCUT2D eigenvalue weighted by molar-refractivity contribution is -0.167. The number of hydrogen-bond donors (Lipinski definition) is 0. The Morgan fingerprint density at radius 2 is 0.534 bits per heavy atom. The van der Waals surface area contributed by atoms with Crippen LogP contribution >= 0.6 is 0 Å². The molecular weight excluding hydrogens is 901 g/mol. The molecule has 6 nitrogen and oxygen atoms in total. The van der Waals surface area contributed by atoms with Gasteiger partial charge in [-0.15, -0.1) is 0 Å². The minimum atomic E-state index is -0.799. The quantitative estimate of drug-likeness (QED) is 0.0261. The van der Waals surface area contributed by atoms with Crippen LogP contribution in [-0.4, -0.2) is 37.2 Å². The molecule has 0 radical (unpaired) electrons. The standard InChI is InChI=1S/C67H114O6/c1-4-7-10-13-16-19-22-25-27-29-31-32-33-34-36-37-39-42-45-48-51-54-57-60-66(69)72-63-64(62-71-65(68)59-56-53-50-47-44-41-24-21-18-15-12-9-6-3)73-67(70)61-58-55-52-49-46-43-40-38-35-30-28-26-23-20-17-14-11-8-5-2/h9,12,17-18,20-22,25-26,28-29,31,35,38,41,44,64H,4-8,10-11,13-16,19,23-24,27,30,32-34,36-37,39-40,42-43,45-63H2,1-3H3/b12-9-,20-17-,21-18-,25-22-,28-26-,31-29-,38-35-,44-41-. The van der Waals surface area contributed by atoms with Gasteiger partial charge in [0.25, 0.3) is 0 Å². The molecule has 6 heteroatoms. The van der Waals surface area contributed by atoms with E-state index in [-0.39, 0.29) is 31.1 Å². The molecule has 0 heterocycles. The smallest absolute Gasteiger partial charge is 0.306 e. The van der Waals surface area contributed by atoms with E-state index in [4.69, 9.17) is 14.2 Å². The third kappa shape index (κ3) is 59.1. The molecule has 0 bridgehead atoms. The van der Waals surface area contributed by atoms with E-state index in [1.807, 2.05) is 0 Å². The van der Waals surface area contributed by atoms with Crippen molar-refractivity contribution < 1.29 is 28.6 Å². The predicted molar refractivity (Wildman–Crippen MR) is 316 cm³/mol. The van der Waals surface area contributed by atoms with Crippen molar-refractivity contribution in [3.63, 3.8) is 0 Å². The predicted octanol–water partition coefficient (Wildman–Crippen LogP) is 20.9. The van der Waals surface area contributed by atoms with Gasteiger partial charge in [-0.1, -0.05) is 246 Å². The molecule has 1 atom stereocenters. The highest BCUT2D eigenvalue weighted by molar-refractivity contribution is 5.71. The van der Waals surface area contributed by atoms with Crippen LogP contribution < -0.4 is 0 Å². The highest BCUT2D eigenvalue weighted by Gasteiger charge is 2.19. The molecule has 0 saturated heterocycles. The van der Waals surface area contributed by atoms with Gasteiger partial charge >= 0.3 is 17.9 Å². The van der Waals surface area contributed by atoms with Crippen LogP contribution in [0.4, 0.5) is 0 Å². The number of hydrogen-bond acceptors (Lipinski definition) is 6. The Kier molecular flexibility index (Phi) is 57.8. The molecule has 0 amide bonds. The lowest BCUT2D eigenvalue weighted by Crippen LogP contribution is -2.30. The van der Waals surface area contributed by atoms with Crippen molar-refractivity contribution in [2.75, 3.05) is 13.2 Å². The normalized spacial score (nSPS) is 12.8. The zero-order valence-electron chi connectivity index (χ0n) is 47.9. The monoisotopic (exact) mass is 1010 g/mol. The van der Waals surface area contributed by atoms with Gasteiger partial charge in [-0.05, 0) is 122 Å². The van der Waals surface area contributed by atoms with Gasteiger partial charge < -0.3 is 14.2 Å². The Morgan fingerprint density at radius 1 is 0.288 bits per heavy atom. The Morgan fingerprint density at radius 3 is 0.877 bits per heavy atom. The Hall–Kier alpha value is -3.67. The maximum Gasteiger partial charge on any atom is 0.306 e. The number of allylic oxidation sites excluding steroid dienone is 16. The van der Waals surface area contributed by atoms with Crippen molar-refractivity contribution >= 4 is 17.9 Å². The van der Waals surface area contributed by atoms with E-state index >= 15 is 0 Å². The molecule has 0 aromatic rings. The molecule has 0 aromatic carbocycles. The molecule has 0 saturated carbocycles. The summed E-state index contributed by atoms with van der Waals surface area (Å²) < 4.78 is 16.9. The first-order valence-electron chi connectivity index (χ1n) is 30.7. The molecule has 1 unspecified atom stereocenters. The molecular formula is C67H114O6. The van der Waals surface area contributed by atoms with Crippen LogP contribution in [0.2, 0.25) is 0 Å². The second-order valence-electron chi connectivity index (χ2n) is 20.2. The third-order valence-electron chi connectivity index (χ3n) is 13.0. The van der Waals surface area contributed by atoms with Gasteiger partial charge in [-0.25, -0.2) is 0 Å².